The number of carboxylic acid groups (broad SMARTS) is 2. The Hall–Kier alpha value is -5.31. The van der Waals surface area contributed by atoms with Gasteiger partial charge in [0.15, 0.2) is 15.6 Å². The van der Waals surface area contributed by atoms with Gasteiger partial charge in [0, 0.05) is 47.5 Å². The Labute approximate surface area is 295 Å². The molecule has 0 radical (unpaired) electrons. The zero-order valence-electron chi connectivity index (χ0n) is 28.5. The third-order valence-corrected chi connectivity index (χ3v) is 8.75. The molecule has 0 saturated carbocycles. The number of aliphatic carboxylic acids is 2. The standard InChI is InChI=1S/C36H43N3O11S/c1-22(2)28(36(47)38-26(18-33(43)44)13-14-51(3,48)49)19-31(40)30(15-25-20-37-29-12-8-7-11-27(25)29)39-35(46)24(16-32(41)42)17-34(45)50-21-23-9-5-4-6-10-23/h4-14,20,22,24,26,28,30,37H,15-19,21H2,1-3H3,(H,38,47)(H,39,46)(H,41,42)(H,43,44)/b14-13+/t24-,26-,28+,30+/m1/s1. The highest BCUT2D eigenvalue weighted by atomic mass is 32.2. The molecule has 0 fully saturated rings. The molecule has 51 heavy (non-hydrogen) atoms. The fourth-order valence-corrected chi connectivity index (χ4v) is 5.87. The van der Waals surface area contributed by atoms with E-state index >= 15 is 0 Å². The van der Waals surface area contributed by atoms with E-state index in [-0.39, 0.29) is 13.0 Å². The van der Waals surface area contributed by atoms with Crippen LogP contribution in [0.25, 0.3) is 10.9 Å². The Kier molecular flexibility index (Phi) is 14.6. The lowest BCUT2D eigenvalue weighted by Crippen LogP contribution is -2.48. The molecule has 0 bridgehead atoms. The van der Waals surface area contributed by atoms with Crippen LogP contribution >= 0.6 is 0 Å². The summed E-state index contributed by atoms with van der Waals surface area (Å²) in [5, 5.41) is 25.6. The van der Waals surface area contributed by atoms with Crippen molar-refractivity contribution in [3.8, 4) is 0 Å². The number of hydrogen-bond acceptors (Lipinski definition) is 9. The number of ketones is 1. The molecule has 2 aromatic carbocycles. The number of hydrogen-bond donors (Lipinski definition) is 5. The summed E-state index contributed by atoms with van der Waals surface area (Å²) in [7, 11) is -3.64. The van der Waals surface area contributed by atoms with Gasteiger partial charge in [0.2, 0.25) is 11.8 Å². The zero-order valence-corrected chi connectivity index (χ0v) is 29.4. The summed E-state index contributed by atoms with van der Waals surface area (Å²) in [4.78, 5) is 80.0. The number of aromatic amines is 1. The first-order valence-corrected chi connectivity index (χ1v) is 18.2. The van der Waals surface area contributed by atoms with Gasteiger partial charge < -0.3 is 30.6 Å². The van der Waals surface area contributed by atoms with Crippen LogP contribution in [-0.2, 0) is 56.4 Å². The fourth-order valence-electron chi connectivity index (χ4n) is 5.39. The molecule has 0 saturated heterocycles. The second kappa shape index (κ2) is 18.6. The van der Waals surface area contributed by atoms with E-state index in [0.29, 0.717) is 11.1 Å². The van der Waals surface area contributed by atoms with Crippen molar-refractivity contribution in [3.63, 3.8) is 0 Å². The Balaban J connectivity index is 1.86. The Morgan fingerprint density at radius 3 is 2.12 bits per heavy atom. The van der Waals surface area contributed by atoms with Crippen LogP contribution < -0.4 is 10.6 Å². The Morgan fingerprint density at radius 1 is 0.843 bits per heavy atom. The topological polar surface area (TPSA) is 226 Å². The number of rotatable bonds is 20. The van der Waals surface area contributed by atoms with Crippen molar-refractivity contribution < 1.29 is 52.1 Å². The summed E-state index contributed by atoms with van der Waals surface area (Å²) >= 11 is 0. The first-order chi connectivity index (χ1) is 24.0. The number of nitrogens with one attached hydrogen (secondary N) is 3. The Morgan fingerprint density at radius 2 is 1.49 bits per heavy atom. The van der Waals surface area contributed by atoms with Crippen LogP contribution in [0.5, 0.6) is 0 Å². The Bertz CT molecular complexity index is 1850. The van der Waals surface area contributed by atoms with E-state index in [1.807, 2.05) is 18.2 Å². The number of carboxylic acids is 2. The van der Waals surface area contributed by atoms with Gasteiger partial charge in [-0.2, -0.15) is 0 Å². The highest BCUT2D eigenvalue weighted by Crippen LogP contribution is 2.23. The summed E-state index contributed by atoms with van der Waals surface area (Å²) in [6, 6.07) is 13.6. The van der Waals surface area contributed by atoms with Crippen LogP contribution in [0.1, 0.15) is 50.7 Å². The van der Waals surface area contributed by atoms with Gasteiger partial charge >= 0.3 is 17.9 Å². The highest BCUT2D eigenvalue weighted by molar-refractivity contribution is 7.93. The first kappa shape index (κ1) is 40.1. The van der Waals surface area contributed by atoms with E-state index in [0.717, 1.165) is 28.6 Å². The average Bonchev–Trinajstić information content (AvgIpc) is 3.46. The number of sulfone groups is 1. The maximum atomic E-state index is 14.0. The molecular formula is C36H43N3O11S. The van der Waals surface area contributed by atoms with Gasteiger partial charge in [0.05, 0.1) is 37.3 Å². The molecule has 15 heteroatoms. The van der Waals surface area contributed by atoms with Crippen molar-refractivity contribution in [1.82, 2.24) is 15.6 Å². The van der Waals surface area contributed by atoms with Crippen molar-refractivity contribution in [2.45, 2.75) is 64.6 Å². The van der Waals surface area contributed by atoms with Crippen LogP contribution in [0, 0.1) is 17.8 Å². The minimum Gasteiger partial charge on any atom is -0.481 e. The summed E-state index contributed by atoms with van der Waals surface area (Å²) in [5.41, 5.74) is 2.11. The predicted molar refractivity (Wildman–Crippen MR) is 187 cm³/mol. The number of carbonyl (C=O) groups is 6. The molecule has 274 valence electrons. The fraction of sp³-hybridized carbons (Fsp3) is 0.389. The molecule has 4 atom stereocenters. The number of esters is 1. The number of aromatic nitrogens is 1. The van der Waals surface area contributed by atoms with Gasteiger partial charge in [0.1, 0.15) is 6.61 Å². The number of amides is 2. The molecular weight excluding hydrogens is 682 g/mol. The third kappa shape index (κ3) is 13.5. The molecule has 1 heterocycles. The summed E-state index contributed by atoms with van der Waals surface area (Å²) in [6.45, 7) is 3.26. The quantitative estimate of drug-likeness (QED) is 0.106. The van der Waals surface area contributed by atoms with Crippen LogP contribution in [0.15, 0.2) is 72.3 Å². The molecule has 3 aromatic rings. The summed E-state index contributed by atoms with van der Waals surface area (Å²) < 4.78 is 28.6. The summed E-state index contributed by atoms with van der Waals surface area (Å²) in [6.07, 6.45) is 1.28. The first-order valence-electron chi connectivity index (χ1n) is 16.2. The number of H-pyrrole nitrogens is 1. The summed E-state index contributed by atoms with van der Waals surface area (Å²) in [5.74, 6) is -8.46. The van der Waals surface area contributed by atoms with Crippen LogP contribution in [0.4, 0.5) is 0 Å². The van der Waals surface area contributed by atoms with E-state index in [2.05, 4.69) is 15.6 Å². The van der Waals surface area contributed by atoms with Crippen molar-refractivity contribution in [3.05, 3.63) is 83.4 Å². The molecule has 1 aromatic heterocycles. The molecule has 0 spiro atoms. The number of carbonyl (C=O) groups excluding carboxylic acids is 4. The predicted octanol–water partition coefficient (Wildman–Crippen LogP) is 3.17. The van der Waals surface area contributed by atoms with E-state index in [1.54, 1.807) is 56.4 Å². The minimum absolute atomic E-state index is 0.0436. The number of Topliss-reactive ketones (excluding diaryl/α,β-unsaturated/α-hetero) is 1. The monoisotopic (exact) mass is 725 g/mol. The van der Waals surface area contributed by atoms with Crippen molar-refractivity contribution >= 4 is 56.2 Å². The van der Waals surface area contributed by atoms with Gasteiger partial charge in [-0.05, 0) is 23.1 Å². The van der Waals surface area contributed by atoms with E-state index in [4.69, 9.17) is 4.74 Å². The minimum atomic E-state index is -3.64. The normalized spacial score (nSPS) is 14.0. The SMILES string of the molecule is CC(C)[C@H](CC(=O)[C@H](Cc1c[nH]c2ccccc12)NC(=O)[C@H](CC(=O)O)CC(=O)OCc1ccccc1)C(=O)N[C@H](/C=C/S(C)(=O)=O)CC(=O)O. The van der Waals surface area contributed by atoms with Gasteiger partial charge in [-0.15, -0.1) is 0 Å². The van der Waals surface area contributed by atoms with Crippen LogP contribution in [-0.4, -0.2) is 77.5 Å². The number of fused-ring (bicyclic) bond motifs is 1. The smallest absolute Gasteiger partial charge is 0.306 e. The maximum absolute atomic E-state index is 14.0. The third-order valence-electron chi connectivity index (χ3n) is 8.09. The molecule has 5 N–H and O–H groups in total. The molecule has 0 aliphatic rings. The van der Waals surface area contributed by atoms with Gasteiger partial charge in [0.25, 0.3) is 0 Å². The van der Waals surface area contributed by atoms with E-state index in [1.165, 1.54) is 0 Å². The molecule has 14 nitrogen and oxygen atoms in total. The van der Waals surface area contributed by atoms with E-state index < -0.39 is 101 Å². The maximum Gasteiger partial charge on any atom is 0.306 e. The van der Waals surface area contributed by atoms with Gasteiger partial charge in [-0.3, -0.25) is 28.8 Å². The lowest BCUT2D eigenvalue weighted by Gasteiger charge is -2.26. The van der Waals surface area contributed by atoms with Gasteiger partial charge in [-0.25, -0.2) is 8.42 Å². The second-order valence-corrected chi connectivity index (χ2v) is 14.6. The molecule has 0 aliphatic heterocycles. The molecule has 2 amide bonds. The van der Waals surface area contributed by atoms with Gasteiger partial charge in [-0.1, -0.05) is 68.5 Å². The van der Waals surface area contributed by atoms with Crippen LogP contribution in [0.2, 0.25) is 0 Å². The number of benzene rings is 2. The zero-order chi connectivity index (χ0) is 37.7. The molecule has 0 aliphatic carbocycles. The number of para-hydroxylation sites is 1. The largest absolute Gasteiger partial charge is 0.481 e. The molecule has 0 unspecified atom stereocenters. The molecule has 3 rings (SSSR count). The van der Waals surface area contributed by atoms with Crippen LogP contribution in [0.3, 0.4) is 0 Å². The van der Waals surface area contributed by atoms with Crippen molar-refractivity contribution in [2.75, 3.05) is 6.26 Å². The van der Waals surface area contributed by atoms with E-state index in [9.17, 15) is 47.4 Å². The second-order valence-electron chi connectivity index (χ2n) is 12.7. The lowest BCUT2D eigenvalue weighted by atomic mass is 9.86. The van der Waals surface area contributed by atoms with Crippen molar-refractivity contribution in [2.24, 2.45) is 17.8 Å². The number of ether oxygens (including phenoxy) is 1. The van der Waals surface area contributed by atoms with Crippen molar-refractivity contribution in [1.29, 1.82) is 0 Å². The highest BCUT2D eigenvalue weighted by Gasteiger charge is 2.34. The average molecular weight is 726 g/mol. The lowest BCUT2D eigenvalue weighted by molar-refractivity contribution is -0.150.